The largest absolute Gasteiger partial charge is 0.374 e. The lowest BCUT2D eigenvalue weighted by Crippen LogP contribution is -2.56. The lowest BCUT2D eigenvalue weighted by molar-refractivity contribution is -0.0737. The van der Waals surface area contributed by atoms with Gasteiger partial charge in [0.25, 0.3) is 0 Å². The van der Waals surface area contributed by atoms with E-state index in [1.165, 1.54) is 51.5 Å². The summed E-state index contributed by atoms with van der Waals surface area (Å²) in [7, 11) is 0. The molecule has 2 aliphatic heterocycles. The molecule has 0 aromatic heterocycles. The van der Waals surface area contributed by atoms with Crippen LogP contribution in [-0.4, -0.2) is 42.8 Å². The number of ether oxygens (including phenoxy) is 1. The molecule has 0 radical (unpaired) electrons. The van der Waals surface area contributed by atoms with E-state index in [2.05, 4.69) is 11.8 Å². The van der Waals surface area contributed by atoms with Crippen molar-refractivity contribution in [3.8, 4) is 0 Å². The summed E-state index contributed by atoms with van der Waals surface area (Å²) in [6.45, 7) is 5.59. The Balaban J connectivity index is 1.61. The van der Waals surface area contributed by atoms with Crippen molar-refractivity contribution in [2.24, 2.45) is 17.6 Å². The molecule has 0 amide bonds. The standard InChI is InChI=1S/C16H30N2O/c1-2-12-6-3-4-8-14(12)16(17)15-10-18-9-5-7-13(18)11-19-15/h12-16H,2-11,17H2,1H3. The van der Waals surface area contributed by atoms with Gasteiger partial charge in [-0.3, -0.25) is 4.90 Å². The lowest BCUT2D eigenvalue weighted by Gasteiger charge is -2.43. The van der Waals surface area contributed by atoms with Gasteiger partial charge in [0.15, 0.2) is 0 Å². The van der Waals surface area contributed by atoms with Gasteiger partial charge in [0.2, 0.25) is 0 Å². The summed E-state index contributed by atoms with van der Waals surface area (Å²) < 4.78 is 6.13. The fourth-order valence-corrected chi connectivity index (χ4v) is 4.60. The van der Waals surface area contributed by atoms with E-state index in [1.807, 2.05) is 0 Å². The van der Waals surface area contributed by atoms with Gasteiger partial charge < -0.3 is 10.5 Å². The van der Waals surface area contributed by atoms with Crippen LogP contribution in [0.2, 0.25) is 0 Å². The van der Waals surface area contributed by atoms with E-state index < -0.39 is 0 Å². The number of fused-ring (bicyclic) bond motifs is 1. The molecular weight excluding hydrogens is 236 g/mol. The summed E-state index contributed by atoms with van der Waals surface area (Å²) >= 11 is 0. The van der Waals surface area contributed by atoms with Crippen molar-refractivity contribution in [1.82, 2.24) is 4.90 Å². The van der Waals surface area contributed by atoms with E-state index in [-0.39, 0.29) is 12.1 Å². The minimum absolute atomic E-state index is 0.256. The predicted octanol–water partition coefficient (Wildman–Crippen LogP) is 2.39. The molecule has 2 saturated heterocycles. The van der Waals surface area contributed by atoms with Gasteiger partial charge in [-0.2, -0.15) is 0 Å². The second-order valence-corrected chi connectivity index (χ2v) is 6.86. The Labute approximate surface area is 117 Å². The molecule has 0 aromatic carbocycles. The molecule has 0 bridgehead atoms. The van der Waals surface area contributed by atoms with Crippen molar-refractivity contribution < 1.29 is 4.74 Å². The molecule has 1 saturated carbocycles. The Morgan fingerprint density at radius 2 is 2.05 bits per heavy atom. The molecule has 19 heavy (non-hydrogen) atoms. The molecule has 2 heterocycles. The summed E-state index contributed by atoms with van der Waals surface area (Å²) in [5, 5.41) is 0. The van der Waals surface area contributed by atoms with E-state index in [0.717, 1.165) is 19.1 Å². The summed E-state index contributed by atoms with van der Waals surface area (Å²) in [4.78, 5) is 2.62. The highest BCUT2D eigenvalue weighted by Crippen LogP contribution is 2.36. The quantitative estimate of drug-likeness (QED) is 0.852. The van der Waals surface area contributed by atoms with Gasteiger partial charge in [-0.25, -0.2) is 0 Å². The maximum Gasteiger partial charge on any atom is 0.0856 e. The first-order valence-corrected chi connectivity index (χ1v) is 8.40. The van der Waals surface area contributed by atoms with E-state index >= 15 is 0 Å². The maximum atomic E-state index is 6.62. The molecule has 3 nitrogen and oxygen atoms in total. The van der Waals surface area contributed by atoms with Crippen LogP contribution in [0.3, 0.4) is 0 Å². The zero-order valence-electron chi connectivity index (χ0n) is 12.4. The van der Waals surface area contributed by atoms with E-state index in [9.17, 15) is 0 Å². The van der Waals surface area contributed by atoms with Crippen LogP contribution < -0.4 is 5.73 Å². The Morgan fingerprint density at radius 1 is 1.21 bits per heavy atom. The van der Waals surface area contributed by atoms with Gasteiger partial charge in [-0.15, -0.1) is 0 Å². The summed E-state index contributed by atoms with van der Waals surface area (Å²) in [5.41, 5.74) is 6.62. The molecule has 3 rings (SSSR count). The maximum absolute atomic E-state index is 6.62. The van der Waals surface area contributed by atoms with Crippen LogP contribution in [0.1, 0.15) is 51.9 Å². The molecule has 0 spiro atoms. The number of hydrogen-bond acceptors (Lipinski definition) is 3. The van der Waals surface area contributed by atoms with E-state index in [1.54, 1.807) is 0 Å². The Kier molecular flexibility index (Phi) is 4.45. The highest BCUT2D eigenvalue weighted by Gasteiger charge is 2.39. The van der Waals surface area contributed by atoms with Gasteiger partial charge in [0.1, 0.15) is 0 Å². The normalized spacial score (nSPS) is 42.0. The molecule has 110 valence electrons. The molecular formula is C16H30N2O. The second kappa shape index (κ2) is 6.11. The number of nitrogens with two attached hydrogens (primary N) is 1. The second-order valence-electron chi connectivity index (χ2n) is 6.86. The molecule has 0 aromatic rings. The zero-order chi connectivity index (χ0) is 13.2. The topological polar surface area (TPSA) is 38.5 Å². The van der Waals surface area contributed by atoms with Crippen LogP contribution in [0.25, 0.3) is 0 Å². The SMILES string of the molecule is CCC1CCCCC1C(N)C1CN2CCCC2CO1. The number of morpholine rings is 1. The van der Waals surface area contributed by atoms with Crippen molar-refractivity contribution in [1.29, 1.82) is 0 Å². The number of hydrogen-bond donors (Lipinski definition) is 1. The van der Waals surface area contributed by atoms with Crippen LogP contribution in [0.4, 0.5) is 0 Å². The van der Waals surface area contributed by atoms with Crippen LogP contribution >= 0.6 is 0 Å². The Bertz CT molecular complexity index is 296. The fourth-order valence-electron chi connectivity index (χ4n) is 4.60. The average molecular weight is 266 g/mol. The molecule has 5 atom stereocenters. The highest BCUT2D eigenvalue weighted by atomic mass is 16.5. The third-order valence-electron chi connectivity index (χ3n) is 5.83. The van der Waals surface area contributed by atoms with E-state index in [0.29, 0.717) is 12.0 Å². The minimum Gasteiger partial charge on any atom is -0.374 e. The summed E-state index contributed by atoms with van der Waals surface area (Å²) in [6, 6.07) is 0.948. The lowest BCUT2D eigenvalue weighted by atomic mass is 9.73. The molecule has 3 heteroatoms. The van der Waals surface area contributed by atoms with Crippen molar-refractivity contribution in [3.05, 3.63) is 0 Å². The molecule has 1 aliphatic carbocycles. The first-order valence-electron chi connectivity index (χ1n) is 8.40. The smallest absolute Gasteiger partial charge is 0.0856 e. The first-order chi connectivity index (χ1) is 9.29. The van der Waals surface area contributed by atoms with Crippen LogP contribution in [0.15, 0.2) is 0 Å². The Morgan fingerprint density at radius 3 is 2.89 bits per heavy atom. The summed E-state index contributed by atoms with van der Waals surface area (Å²) in [5.74, 6) is 1.53. The van der Waals surface area contributed by atoms with Gasteiger partial charge in [-0.05, 0) is 37.6 Å². The van der Waals surface area contributed by atoms with Crippen molar-refractivity contribution in [2.75, 3.05) is 19.7 Å². The monoisotopic (exact) mass is 266 g/mol. The molecule has 3 fully saturated rings. The summed E-state index contributed by atoms with van der Waals surface area (Å²) in [6.07, 6.45) is 9.72. The first kappa shape index (κ1) is 13.8. The van der Waals surface area contributed by atoms with Crippen LogP contribution in [-0.2, 0) is 4.74 Å². The van der Waals surface area contributed by atoms with E-state index in [4.69, 9.17) is 10.5 Å². The predicted molar refractivity (Wildman–Crippen MR) is 78.0 cm³/mol. The van der Waals surface area contributed by atoms with Crippen LogP contribution in [0, 0.1) is 11.8 Å². The van der Waals surface area contributed by atoms with Gasteiger partial charge >= 0.3 is 0 Å². The molecule has 2 N–H and O–H groups in total. The van der Waals surface area contributed by atoms with Gasteiger partial charge in [0.05, 0.1) is 12.7 Å². The van der Waals surface area contributed by atoms with Crippen molar-refractivity contribution in [3.63, 3.8) is 0 Å². The van der Waals surface area contributed by atoms with Crippen molar-refractivity contribution >= 4 is 0 Å². The number of nitrogens with zero attached hydrogens (tertiary/aromatic N) is 1. The molecule has 5 unspecified atom stereocenters. The highest BCUT2D eigenvalue weighted by molar-refractivity contribution is 4.93. The third kappa shape index (κ3) is 2.84. The number of rotatable bonds is 3. The molecule has 3 aliphatic rings. The van der Waals surface area contributed by atoms with Gasteiger partial charge in [-0.1, -0.05) is 32.6 Å². The van der Waals surface area contributed by atoms with Crippen LogP contribution in [0.5, 0.6) is 0 Å². The third-order valence-corrected chi connectivity index (χ3v) is 5.83. The zero-order valence-corrected chi connectivity index (χ0v) is 12.4. The van der Waals surface area contributed by atoms with Gasteiger partial charge in [0, 0.05) is 18.6 Å². The minimum atomic E-state index is 0.256. The average Bonchev–Trinajstić information content (AvgIpc) is 2.93. The Hall–Kier alpha value is -0.120. The van der Waals surface area contributed by atoms with Crippen molar-refractivity contribution in [2.45, 2.75) is 70.1 Å². The fraction of sp³-hybridized carbons (Fsp3) is 1.00.